The molecular weight excluding hydrogens is 374 g/mol. The third-order valence-electron chi connectivity index (χ3n) is 6.41. The van der Waals surface area contributed by atoms with Gasteiger partial charge in [-0.05, 0) is 96.3 Å². The Balaban J connectivity index is 1.95. The molecule has 0 bridgehead atoms. The average molecular weight is 410 g/mol. The number of esters is 1. The van der Waals surface area contributed by atoms with Crippen LogP contribution in [0, 0.1) is 43.4 Å². The van der Waals surface area contributed by atoms with E-state index in [9.17, 15) is 9.59 Å². The SMILES string of the molecule is Cc1cc(C)c(C2=C(OC(=O)C(C)(C)C)CC(CC3CCC(=N)CC3)C2=O)c(C)c1. The first kappa shape index (κ1) is 22.5. The Labute approximate surface area is 180 Å². The molecule has 1 aromatic carbocycles. The minimum atomic E-state index is -0.625. The van der Waals surface area contributed by atoms with Gasteiger partial charge in [0.15, 0.2) is 5.78 Å². The zero-order valence-electron chi connectivity index (χ0n) is 19.3. The molecule has 1 atom stereocenters. The summed E-state index contributed by atoms with van der Waals surface area (Å²) in [5.41, 5.74) is 4.99. The van der Waals surface area contributed by atoms with Crippen molar-refractivity contribution in [1.82, 2.24) is 0 Å². The molecule has 2 aliphatic carbocycles. The van der Waals surface area contributed by atoms with Gasteiger partial charge < -0.3 is 10.1 Å². The van der Waals surface area contributed by atoms with E-state index in [2.05, 4.69) is 19.1 Å². The lowest BCUT2D eigenvalue weighted by molar-refractivity contribution is -0.148. The van der Waals surface area contributed by atoms with Crippen molar-refractivity contribution in [3.8, 4) is 0 Å². The number of allylic oxidation sites excluding steroid dienone is 2. The van der Waals surface area contributed by atoms with Crippen LogP contribution in [-0.4, -0.2) is 17.5 Å². The highest BCUT2D eigenvalue weighted by Crippen LogP contribution is 2.43. The molecule has 1 fully saturated rings. The highest BCUT2D eigenvalue weighted by Gasteiger charge is 2.39. The van der Waals surface area contributed by atoms with Crippen LogP contribution in [0.25, 0.3) is 5.57 Å². The van der Waals surface area contributed by atoms with Crippen molar-refractivity contribution in [2.45, 2.75) is 80.1 Å². The maximum atomic E-state index is 13.6. The third-order valence-corrected chi connectivity index (χ3v) is 6.41. The summed E-state index contributed by atoms with van der Waals surface area (Å²) in [7, 11) is 0. The van der Waals surface area contributed by atoms with E-state index in [0.29, 0.717) is 23.7 Å². The molecule has 2 aliphatic rings. The highest BCUT2D eigenvalue weighted by molar-refractivity contribution is 6.25. The number of carbonyl (C=O) groups excluding carboxylic acids is 2. The van der Waals surface area contributed by atoms with Crippen molar-refractivity contribution < 1.29 is 14.3 Å². The normalized spacial score (nSPS) is 22.6. The molecular formula is C26H35NO3. The Morgan fingerprint density at radius 3 is 2.20 bits per heavy atom. The number of nitrogens with one attached hydrogen (secondary N) is 1. The molecule has 4 heteroatoms. The summed E-state index contributed by atoms with van der Waals surface area (Å²) in [6, 6.07) is 4.18. The van der Waals surface area contributed by atoms with Crippen LogP contribution < -0.4 is 0 Å². The van der Waals surface area contributed by atoms with E-state index in [1.807, 2.05) is 34.6 Å². The first-order valence-electron chi connectivity index (χ1n) is 11.1. The van der Waals surface area contributed by atoms with E-state index < -0.39 is 5.41 Å². The zero-order chi connectivity index (χ0) is 22.2. The largest absolute Gasteiger partial charge is 0.430 e. The summed E-state index contributed by atoms with van der Waals surface area (Å²) in [4.78, 5) is 26.3. The highest BCUT2D eigenvalue weighted by atomic mass is 16.5. The molecule has 0 saturated heterocycles. The first-order valence-corrected chi connectivity index (χ1v) is 11.1. The standard InChI is InChI=1S/C26H35NO3/c1-15-11-16(2)22(17(3)12-15)23-21(30-25(29)26(4,5)6)14-19(24(23)28)13-18-7-9-20(27)10-8-18/h11-12,18-19,27H,7-10,13-14H2,1-6H3. The topological polar surface area (TPSA) is 67.2 Å². The van der Waals surface area contributed by atoms with E-state index >= 15 is 0 Å². The molecule has 1 N–H and O–H groups in total. The molecule has 0 spiro atoms. The second-order valence-electron chi connectivity index (χ2n) is 10.3. The van der Waals surface area contributed by atoms with Crippen molar-refractivity contribution in [2.24, 2.45) is 17.3 Å². The molecule has 0 heterocycles. The van der Waals surface area contributed by atoms with Crippen LogP contribution in [0.3, 0.4) is 0 Å². The van der Waals surface area contributed by atoms with E-state index in [1.54, 1.807) is 0 Å². The molecule has 1 aromatic rings. The lowest BCUT2D eigenvalue weighted by Crippen LogP contribution is -2.23. The first-order chi connectivity index (χ1) is 14.0. The summed E-state index contributed by atoms with van der Waals surface area (Å²) in [5.74, 6) is 0.690. The fraction of sp³-hybridized carbons (Fsp3) is 0.577. The third kappa shape index (κ3) is 4.74. The Kier molecular flexibility index (Phi) is 6.35. The molecule has 0 radical (unpaired) electrons. The Morgan fingerprint density at radius 1 is 1.10 bits per heavy atom. The average Bonchev–Trinajstić information content (AvgIpc) is 2.91. The maximum Gasteiger partial charge on any atom is 0.316 e. The zero-order valence-corrected chi connectivity index (χ0v) is 19.3. The number of ether oxygens (including phenoxy) is 1. The predicted molar refractivity (Wildman–Crippen MR) is 121 cm³/mol. The van der Waals surface area contributed by atoms with Gasteiger partial charge in [-0.15, -0.1) is 0 Å². The minimum absolute atomic E-state index is 0.113. The monoisotopic (exact) mass is 409 g/mol. The molecule has 0 aromatic heterocycles. The molecule has 0 amide bonds. The molecule has 0 aliphatic heterocycles. The van der Waals surface area contributed by atoms with Gasteiger partial charge in [-0.25, -0.2) is 0 Å². The molecule has 4 nitrogen and oxygen atoms in total. The summed E-state index contributed by atoms with van der Waals surface area (Å²) in [5, 5.41) is 7.85. The van der Waals surface area contributed by atoms with Crippen molar-refractivity contribution in [3.05, 3.63) is 40.1 Å². The van der Waals surface area contributed by atoms with E-state index in [4.69, 9.17) is 10.1 Å². The van der Waals surface area contributed by atoms with Crippen LogP contribution in [0.1, 0.15) is 81.5 Å². The number of hydrogen-bond donors (Lipinski definition) is 1. The Hall–Kier alpha value is -2.23. The summed E-state index contributed by atoms with van der Waals surface area (Å²) in [6.45, 7) is 11.6. The van der Waals surface area contributed by atoms with E-state index in [-0.39, 0.29) is 17.7 Å². The van der Waals surface area contributed by atoms with Gasteiger partial charge in [0.2, 0.25) is 0 Å². The van der Waals surface area contributed by atoms with E-state index in [0.717, 1.165) is 60.1 Å². The van der Waals surface area contributed by atoms with Crippen molar-refractivity contribution in [1.29, 1.82) is 5.41 Å². The quantitative estimate of drug-likeness (QED) is 0.611. The van der Waals surface area contributed by atoms with Crippen LogP contribution >= 0.6 is 0 Å². The van der Waals surface area contributed by atoms with Crippen molar-refractivity contribution >= 4 is 23.0 Å². The number of Topliss-reactive ketones (excluding diaryl/α,β-unsaturated/α-hetero) is 1. The molecule has 162 valence electrons. The predicted octanol–water partition coefficient (Wildman–Crippen LogP) is 6.10. The lowest BCUT2D eigenvalue weighted by atomic mass is 9.80. The summed E-state index contributed by atoms with van der Waals surface area (Å²) >= 11 is 0. The van der Waals surface area contributed by atoms with Gasteiger partial charge in [-0.2, -0.15) is 0 Å². The van der Waals surface area contributed by atoms with Crippen LogP contribution in [-0.2, 0) is 14.3 Å². The van der Waals surface area contributed by atoms with Crippen LogP contribution in [0.15, 0.2) is 17.9 Å². The lowest BCUT2D eigenvalue weighted by Gasteiger charge is -2.24. The Morgan fingerprint density at radius 2 is 1.67 bits per heavy atom. The minimum Gasteiger partial charge on any atom is -0.430 e. The van der Waals surface area contributed by atoms with Gasteiger partial charge in [-0.1, -0.05) is 17.7 Å². The van der Waals surface area contributed by atoms with Gasteiger partial charge in [0, 0.05) is 18.1 Å². The second-order valence-corrected chi connectivity index (χ2v) is 10.3. The fourth-order valence-corrected chi connectivity index (χ4v) is 4.81. The van der Waals surface area contributed by atoms with Crippen LogP contribution in [0.5, 0.6) is 0 Å². The molecule has 1 unspecified atom stereocenters. The molecule has 1 saturated carbocycles. The number of ketones is 1. The molecule has 30 heavy (non-hydrogen) atoms. The second kappa shape index (κ2) is 8.49. The van der Waals surface area contributed by atoms with Gasteiger partial charge in [0.25, 0.3) is 0 Å². The van der Waals surface area contributed by atoms with Crippen molar-refractivity contribution in [2.75, 3.05) is 0 Å². The van der Waals surface area contributed by atoms with Gasteiger partial charge >= 0.3 is 5.97 Å². The Bertz CT molecular complexity index is 884. The summed E-state index contributed by atoms with van der Waals surface area (Å²) in [6.07, 6.45) is 4.96. The smallest absolute Gasteiger partial charge is 0.316 e. The number of benzene rings is 1. The number of rotatable bonds is 4. The maximum absolute atomic E-state index is 13.6. The number of aryl methyl sites for hydroxylation is 3. The van der Waals surface area contributed by atoms with Crippen molar-refractivity contribution in [3.63, 3.8) is 0 Å². The number of hydrogen-bond acceptors (Lipinski definition) is 4. The van der Waals surface area contributed by atoms with Crippen LogP contribution in [0.4, 0.5) is 0 Å². The van der Waals surface area contributed by atoms with Gasteiger partial charge in [0.05, 0.1) is 11.0 Å². The fourth-order valence-electron chi connectivity index (χ4n) is 4.81. The molecule has 3 rings (SSSR count). The number of carbonyl (C=O) groups is 2. The van der Waals surface area contributed by atoms with Gasteiger partial charge in [0.1, 0.15) is 5.76 Å². The van der Waals surface area contributed by atoms with Crippen LogP contribution in [0.2, 0.25) is 0 Å². The van der Waals surface area contributed by atoms with Gasteiger partial charge in [-0.3, -0.25) is 9.59 Å². The van der Waals surface area contributed by atoms with E-state index in [1.165, 1.54) is 0 Å². The summed E-state index contributed by atoms with van der Waals surface area (Å²) < 4.78 is 5.88.